The highest BCUT2D eigenvalue weighted by Gasteiger charge is 2.25. The second-order valence-corrected chi connectivity index (χ2v) is 9.90. The van der Waals surface area contributed by atoms with Gasteiger partial charge in [-0.15, -0.1) is 0 Å². The van der Waals surface area contributed by atoms with Crippen molar-refractivity contribution in [1.82, 2.24) is 9.80 Å². The number of carbonyl (C=O) groups excluding carboxylic acids is 2. The molecule has 0 radical (unpaired) electrons. The molecule has 0 spiro atoms. The van der Waals surface area contributed by atoms with Gasteiger partial charge in [0.25, 0.3) is 0 Å². The summed E-state index contributed by atoms with van der Waals surface area (Å²) in [5, 5.41) is 22.5. The van der Waals surface area contributed by atoms with Crippen LogP contribution in [0.1, 0.15) is 17.5 Å². The lowest BCUT2D eigenvalue weighted by atomic mass is 10.0. The average Bonchev–Trinajstić information content (AvgIpc) is 3.27. The lowest BCUT2D eigenvalue weighted by Crippen LogP contribution is -2.43. The third kappa shape index (κ3) is 7.54. The Labute approximate surface area is 225 Å². The summed E-state index contributed by atoms with van der Waals surface area (Å²) in [5.74, 6) is -0.586. The van der Waals surface area contributed by atoms with Crippen molar-refractivity contribution in [3.63, 3.8) is 0 Å². The maximum absolute atomic E-state index is 13.2. The molecule has 190 valence electrons. The Morgan fingerprint density at radius 2 is 1.78 bits per heavy atom. The van der Waals surface area contributed by atoms with Crippen molar-refractivity contribution in [3.8, 4) is 17.2 Å². The largest absolute Gasteiger partial charge is 0.392 e. The molecule has 7 nitrogen and oxygen atoms in total. The molecule has 0 aliphatic carbocycles. The fourth-order valence-electron chi connectivity index (χ4n) is 4.27. The van der Waals surface area contributed by atoms with E-state index in [-0.39, 0.29) is 31.4 Å². The lowest BCUT2D eigenvalue weighted by Gasteiger charge is -2.25. The quantitative estimate of drug-likeness (QED) is 0.439. The van der Waals surface area contributed by atoms with Crippen molar-refractivity contribution >= 4 is 40.7 Å². The van der Waals surface area contributed by atoms with Crippen molar-refractivity contribution < 1.29 is 14.7 Å². The molecule has 1 aliphatic rings. The van der Waals surface area contributed by atoms with Gasteiger partial charge >= 0.3 is 0 Å². The van der Waals surface area contributed by atoms with Crippen LogP contribution in [0.4, 0.5) is 5.69 Å². The number of anilines is 1. The molecule has 0 unspecified atom stereocenters. The second-order valence-electron chi connectivity index (χ2n) is 9.02. The number of benzene rings is 3. The monoisotopic (exact) mass is 536 g/mol. The highest BCUT2D eigenvalue weighted by atomic mass is 35.5. The number of likely N-dealkylation sites (tertiary alicyclic amines) is 1. The van der Waals surface area contributed by atoms with E-state index < -0.39 is 6.10 Å². The molecule has 1 atom stereocenters. The number of carbonyl (C=O) groups is 2. The number of nitrogens with zero attached hydrogens (tertiary/aromatic N) is 3. The van der Waals surface area contributed by atoms with Gasteiger partial charge in [-0.1, -0.05) is 59.6 Å². The summed E-state index contributed by atoms with van der Waals surface area (Å²) in [7, 11) is 0. The Bertz CT molecular complexity index is 1300. The number of rotatable bonds is 8. The fraction of sp³-hybridized carbons (Fsp3) is 0.250. The van der Waals surface area contributed by atoms with Crippen molar-refractivity contribution in [2.45, 2.75) is 19.1 Å². The van der Waals surface area contributed by atoms with E-state index in [0.29, 0.717) is 40.8 Å². The minimum Gasteiger partial charge on any atom is -0.392 e. The number of amides is 2. The molecule has 0 bridgehead atoms. The van der Waals surface area contributed by atoms with Crippen LogP contribution in [-0.2, 0) is 16.1 Å². The summed E-state index contributed by atoms with van der Waals surface area (Å²) < 4.78 is 0. The number of aliphatic hydroxyl groups excluding tert-OH is 1. The zero-order valence-electron chi connectivity index (χ0n) is 20.0. The Hall–Kier alpha value is -3.41. The zero-order chi connectivity index (χ0) is 26.4. The average molecular weight is 537 g/mol. The molecule has 1 saturated heterocycles. The van der Waals surface area contributed by atoms with Crippen molar-refractivity contribution in [2.24, 2.45) is 0 Å². The van der Waals surface area contributed by atoms with E-state index in [9.17, 15) is 14.7 Å². The molecule has 1 fully saturated rings. The van der Waals surface area contributed by atoms with E-state index in [4.69, 9.17) is 28.5 Å². The van der Waals surface area contributed by atoms with Crippen LogP contribution >= 0.6 is 23.2 Å². The molecule has 37 heavy (non-hydrogen) atoms. The predicted molar refractivity (Wildman–Crippen MR) is 144 cm³/mol. The molecular formula is C28H26Cl2N4O3. The normalized spacial score (nSPS) is 15.2. The van der Waals surface area contributed by atoms with Gasteiger partial charge in [0.2, 0.25) is 11.8 Å². The fourth-order valence-corrected chi connectivity index (χ4v) is 4.80. The number of nitrogens with one attached hydrogen (secondary N) is 1. The maximum Gasteiger partial charge on any atom is 0.244 e. The Balaban J connectivity index is 1.48. The summed E-state index contributed by atoms with van der Waals surface area (Å²) in [6.07, 6.45) is 0.182. The maximum atomic E-state index is 13.2. The summed E-state index contributed by atoms with van der Waals surface area (Å²) in [6, 6.07) is 21.9. The molecule has 0 aromatic heterocycles. The molecule has 1 heterocycles. The van der Waals surface area contributed by atoms with E-state index in [1.807, 2.05) is 47.4 Å². The van der Waals surface area contributed by atoms with E-state index in [1.165, 1.54) is 4.90 Å². The van der Waals surface area contributed by atoms with E-state index in [1.54, 1.807) is 24.3 Å². The topological polar surface area (TPSA) is 96.7 Å². The number of halogens is 2. The van der Waals surface area contributed by atoms with Crippen molar-refractivity contribution in [3.05, 3.63) is 87.9 Å². The van der Waals surface area contributed by atoms with Gasteiger partial charge in [0.1, 0.15) is 6.54 Å². The molecule has 4 rings (SSSR count). The number of aliphatic hydroxyl groups is 1. The SMILES string of the molecule is N#Cc1cccc(-c2ccc(CN(CC(=O)Nc3cc(Cl)cc(Cl)c3)C(=O)CN3CC[C@@H](O)C3)cc2)c1. The van der Waals surface area contributed by atoms with E-state index in [2.05, 4.69) is 11.4 Å². The third-order valence-electron chi connectivity index (χ3n) is 6.09. The van der Waals surface area contributed by atoms with Crippen LogP contribution in [-0.4, -0.2) is 59.0 Å². The van der Waals surface area contributed by atoms with Crippen molar-refractivity contribution in [1.29, 1.82) is 5.26 Å². The minimum atomic E-state index is -0.441. The first-order chi connectivity index (χ1) is 17.8. The van der Waals surface area contributed by atoms with Gasteiger partial charge in [-0.05, 0) is 53.4 Å². The number of hydrogen-bond donors (Lipinski definition) is 2. The molecular weight excluding hydrogens is 511 g/mol. The second kappa shape index (κ2) is 12.2. The Kier molecular flexibility index (Phi) is 8.80. The minimum absolute atomic E-state index is 0.117. The van der Waals surface area contributed by atoms with E-state index in [0.717, 1.165) is 16.7 Å². The highest BCUT2D eigenvalue weighted by Crippen LogP contribution is 2.23. The molecule has 0 saturated carbocycles. The van der Waals surface area contributed by atoms with Crippen LogP contribution in [0.25, 0.3) is 11.1 Å². The number of β-amino-alcohol motifs (C(OH)–C–C–N with tert-alkyl or cyclic N) is 1. The number of nitriles is 1. The van der Waals surface area contributed by atoms with Gasteiger partial charge in [-0.2, -0.15) is 5.26 Å². The molecule has 1 aliphatic heterocycles. The molecule has 3 aromatic carbocycles. The Morgan fingerprint density at radius 1 is 1.05 bits per heavy atom. The van der Waals surface area contributed by atoms with Gasteiger partial charge in [-0.25, -0.2) is 0 Å². The highest BCUT2D eigenvalue weighted by molar-refractivity contribution is 6.35. The third-order valence-corrected chi connectivity index (χ3v) is 6.53. The van der Waals surface area contributed by atoms with Gasteiger partial charge in [0, 0.05) is 35.4 Å². The van der Waals surface area contributed by atoms with Crippen LogP contribution in [0.3, 0.4) is 0 Å². The Morgan fingerprint density at radius 3 is 2.43 bits per heavy atom. The van der Waals surface area contributed by atoms with Crippen LogP contribution in [0.2, 0.25) is 10.0 Å². The zero-order valence-corrected chi connectivity index (χ0v) is 21.5. The van der Waals surface area contributed by atoms with E-state index >= 15 is 0 Å². The van der Waals surface area contributed by atoms with Gasteiger partial charge in [-0.3, -0.25) is 14.5 Å². The first kappa shape index (κ1) is 26.6. The first-order valence-corrected chi connectivity index (χ1v) is 12.6. The summed E-state index contributed by atoms with van der Waals surface area (Å²) in [4.78, 5) is 29.5. The molecule has 2 amide bonds. The smallest absolute Gasteiger partial charge is 0.244 e. The van der Waals surface area contributed by atoms with Gasteiger partial charge < -0.3 is 15.3 Å². The summed E-state index contributed by atoms with van der Waals surface area (Å²) in [5.41, 5.74) is 3.75. The number of hydrogen-bond acceptors (Lipinski definition) is 5. The summed E-state index contributed by atoms with van der Waals surface area (Å²) >= 11 is 12.1. The van der Waals surface area contributed by atoms with Crippen LogP contribution < -0.4 is 5.32 Å². The van der Waals surface area contributed by atoms with Crippen LogP contribution in [0, 0.1) is 11.3 Å². The molecule has 3 aromatic rings. The molecule has 2 N–H and O–H groups in total. The molecule has 9 heteroatoms. The standard InChI is InChI=1S/C28H26Cl2N4O3/c29-23-11-24(30)13-25(12-23)32-27(36)17-34(28(37)18-33-9-8-26(35)16-33)15-19-4-6-21(7-5-19)22-3-1-2-20(10-22)14-31/h1-7,10-13,26,35H,8-9,15-18H2,(H,32,36)/t26-/m1/s1. The predicted octanol–water partition coefficient (Wildman–Crippen LogP) is 4.57. The summed E-state index contributed by atoms with van der Waals surface area (Å²) in [6.45, 7) is 1.25. The van der Waals surface area contributed by atoms with Crippen LogP contribution in [0.5, 0.6) is 0 Å². The lowest BCUT2D eigenvalue weighted by molar-refractivity contribution is -0.136. The van der Waals surface area contributed by atoms with Crippen molar-refractivity contribution in [2.75, 3.05) is 31.5 Å². The first-order valence-electron chi connectivity index (χ1n) is 11.8. The van der Waals surface area contributed by atoms with Crippen LogP contribution in [0.15, 0.2) is 66.7 Å². The van der Waals surface area contributed by atoms with Gasteiger partial charge in [0.05, 0.1) is 24.3 Å². The van der Waals surface area contributed by atoms with Gasteiger partial charge in [0.15, 0.2) is 0 Å².